The Balaban J connectivity index is 2.24. The molecular formula is C14H21NO. The van der Waals surface area contributed by atoms with Gasteiger partial charge >= 0.3 is 0 Å². The van der Waals surface area contributed by atoms with E-state index in [9.17, 15) is 0 Å². The highest BCUT2D eigenvalue weighted by molar-refractivity contribution is 5.58. The second-order valence-electron chi connectivity index (χ2n) is 4.59. The van der Waals surface area contributed by atoms with Crippen LogP contribution in [0, 0.1) is 0 Å². The van der Waals surface area contributed by atoms with Crippen molar-refractivity contribution < 1.29 is 4.74 Å². The Labute approximate surface area is 98.2 Å². The summed E-state index contributed by atoms with van der Waals surface area (Å²) in [4.78, 5) is 2.43. The van der Waals surface area contributed by atoms with Crippen molar-refractivity contribution in [2.45, 2.75) is 38.6 Å². The van der Waals surface area contributed by atoms with Crippen LogP contribution in [0.4, 0.5) is 5.69 Å². The molecule has 0 aliphatic carbocycles. The number of nitrogens with zero attached hydrogens (tertiary/aromatic N) is 1. The number of benzene rings is 1. The second kappa shape index (κ2) is 4.77. The molecule has 1 aliphatic rings. The largest absolute Gasteiger partial charge is 0.497 e. The van der Waals surface area contributed by atoms with Gasteiger partial charge in [0.25, 0.3) is 0 Å². The van der Waals surface area contributed by atoms with Gasteiger partial charge in [0.15, 0.2) is 0 Å². The molecule has 0 fully saturated rings. The Morgan fingerprint density at radius 2 is 2.25 bits per heavy atom. The average molecular weight is 219 g/mol. The zero-order valence-electron chi connectivity index (χ0n) is 10.5. The Hall–Kier alpha value is -1.18. The molecule has 2 nitrogen and oxygen atoms in total. The molecule has 16 heavy (non-hydrogen) atoms. The minimum atomic E-state index is 0.714. The molecule has 2 rings (SSSR count). The maximum atomic E-state index is 5.27. The first-order chi connectivity index (χ1) is 7.76. The van der Waals surface area contributed by atoms with Gasteiger partial charge in [0.05, 0.1) is 7.11 Å². The average Bonchev–Trinajstić information content (AvgIpc) is 2.32. The van der Waals surface area contributed by atoms with Gasteiger partial charge in [-0.2, -0.15) is 0 Å². The molecule has 0 amide bonds. The fourth-order valence-corrected chi connectivity index (χ4v) is 2.62. The maximum Gasteiger partial charge on any atom is 0.119 e. The zero-order chi connectivity index (χ0) is 11.5. The van der Waals surface area contributed by atoms with Crippen molar-refractivity contribution in [3.05, 3.63) is 23.8 Å². The maximum absolute atomic E-state index is 5.27. The molecule has 1 aliphatic heterocycles. The molecule has 0 radical (unpaired) electrons. The van der Waals surface area contributed by atoms with Crippen molar-refractivity contribution >= 4 is 5.69 Å². The first-order valence-electron chi connectivity index (χ1n) is 6.16. The SMILES string of the molecule is CCCC1CCc2cc(OC)ccc2N1C. The van der Waals surface area contributed by atoms with E-state index in [0.717, 1.165) is 5.75 Å². The van der Waals surface area contributed by atoms with Crippen molar-refractivity contribution in [1.29, 1.82) is 0 Å². The third-order valence-electron chi connectivity index (χ3n) is 3.58. The molecule has 0 spiro atoms. The number of rotatable bonds is 3. The highest BCUT2D eigenvalue weighted by Crippen LogP contribution is 2.33. The van der Waals surface area contributed by atoms with E-state index in [1.165, 1.54) is 36.9 Å². The number of methoxy groups -OCH3 is 1. The topological polar surface area (TPSA) is 12.5 Å². The lowest BCUT2D eigenvalue weighted by molar-refractivity contribution is 0.413. The molecule has 0 aromatic heterocycles. The van der Waals surface area contributed by atoms with E-state index in [4.69, 9.17) is 4.74 Å². The molecule has 0 saturated carbocycles. The summed E-state index contributed by atoms with van der Waals surface area (Å²) in [6, 6.07) is 7.14. The highest BCUT2D eigenvalue weighted by Gasteiger charge is 2.22. The van der Waals surface area contributed by atoms with Gasteiger partial charge < -0.3 is 9.64 Å². The van der Waals surface area contributed by atoms with Crippen molar-refractivity contribution in [2.24, 2.45) is 0 Å². The first kappa shape index (κ1) is 11.3. The molecule has 0 N–H and O–H groups in total. The van der Waals surface area contributed by atoms with E-state index in [-0.39, 0.29) is 0 Å². The van der Waals surface area contributed by atoms with Crippen LogP contribution in [-0.2, 0) is 6.42 Å². The third-order valence-corrected chi connectivity index (χ3v) is 3.58. The van der Waals surface area contributed by atoms with E-state index in [1.54, 1.807) is 7.11 Å². The van der Waals surface area contributed by atoms with Crippen molar-refractivity contribution in [3.63, 3.8) is 0 Å². The van der Waals surface area contributed by atoms with E-state index < -0.39 is 0 Å². The van der Waals surface area contributed by atoms with E-state index >= 15 is 0 Å². The lowest BCUT2D eigenvalue weighted by Crippen LogP contribution is -2.35. The minimum absolute atomic E-state index is 0.714. The Morgan fingerprint density at radius 3 is 2.94 bits per heavy atom. The van der Waals surface area contributed by atoms with Gasteiger partial charge in [-0.1, -0.05) is 13.3 Å². The molecule has 1 atom stereocenters. The number of hydrogen-bond donors (Lipinski definition) is 0. The van der Waals surface area contributed by atoms with Gasteiger partial charge in [-0.3, -0.25) is 0 Å². The monoisotopic (exact) mass is 219 g/mol. The molecule has 0 bridgehead atoms. The summed E-state index contributed by atoms with van der Waals surface area (Å²) in [6.07, 6.45) is 5.01. The van der Waals surface area contributed by atoms with Crippen LogP contribution in [0.2, 0.25) is 0 Å². The quantitative estimate of drug-likeness (QED) is 0.773. The summed E-state index contributed by atoms with van der Waals surface area (Å²) in [6.45, 7) is 2.26. The second-order valence-corrected chi connectivity index (χ2v) is 4.59. The number of hydrogen-bond acceptors (Lipinski definition) is 2. The van der Waals surface area contributed by atoms with Crippen LogP contribution in [0.25, 0.3) is 0 Å². The van der Waals surface area contributed by atoms with Gasteiger partial charge in [0.1, 0.15) is 5.75 Å². The molecule has 1 unspecified atom stereocenters. The summed E-state index contributed by atoms with van der Waals surface area (Å²) < 4.78 is 5.27. The molecule has 1 heterocycles. The minimum Gasteiger partial charge on any atom is -0.497 e. The van der Waals surface area contributed by atoms with Crippen molar-refractivity contribution in [1.82, 2.24) is 0 Å². The van der Waals surface area contributed by atoms with Crippen LogP contribution in [0.1, 0.15) is 31.7 Å². The standard InChI is InChI=1S/C14H21NO/c1-4-5-12-7-6-11-10-13(16-3)8-9-14(11)15(12)2/h8-10,12H,4-7H2,1-3H3. The lowest BCUT2D eigenvalue weighted by atomic mass is 9.93. The summed E-state index contributed by atoms with van der Waals surface area (Å²) >= 11 is 0. The van der Waals surface area contributed by atoms with Crippen LogP contribution in [0.15, 0.2) is 18.2 Å². The Kier molecular flexibility index (Phi) is 3.37. The normalized spacial score (nSPS) is 19.4. The van der Waals surface area contributed by atoms with Crippen LogP contribution in [-0.4, -0.2) is 20.2 Å². The predicted octanol–water partition coefficient (Wildman–Crippen LogP) is 3.25. The smallest absolute Gasteiger partial charge is 0.119 e. The molecule has 88 valence electrons. The number of fused-ring (bicyclic) bond motifs is 1. The summed E-state index contributed by atoms with van der Waals surface area (Å²) in [7, 11) is 3.94. The number of aryl methyl sites for hydroxylation is 1. The molecule has 1 aromatic rings. The molecule has 2 heteroatoms. The van der Waals surface area contributed by atoms with Crippen molar-refractivity contribution in [2.75, 3.05) is 19.1 Å². The van der Waals surface area contributed by atoms with E-state index in [1.807, 2.05) is 0 Å². The van der Waals surface area contributed by atoms with Crippen molar-refractivity contribution in [3.8, 4) is 5.75 Å². The van der Waals surface area contributed by atoms with Gasteiger partial charge in [0.2, 0.25) is 0 Å². The molecular weight excluding hydrogens is 198 g/mol. The molecule has 1 aromatic carbocycles. The third kappa shape index (κ3) is 2.01. The Morgan fingerprint density at radius 1 is 1.44 bits per heavy atom. The van der Waals surface area contributed by atoms with Gasteiger partial charge in [-0.15, -0.1) is 0 Å². The highest BCUT2D eigenvalue weighted by atomic mass is 16.5. The van der Waals surface area contributed by atoms with Crippen LogP contribution in [0.3, 0.4) is 0 Å². The van der Waals surface area contributed by atoms with Gasteiger partial charge in [-0.05, 0) is 43.0 Å². The van der Waals surface area contributed by atoms with Crippen LogP contribution < -0.4 is 9.64 Å². The predicted molar refractivity (Wildman–Crippen MR) is 68.4 cm³/mol. The number of anilines is 1. The van der Waals surface area contributed by atoms with E-state index in [0.29, 0.717) is 6.04 Å². The molecule has 0 saturated heterocycles. The van der Waals surface area contributed by atoms with Gasteiger partial charge in [-0.25, -0.2) is 0 Å². The fraction of sp³-hybridized carbons (Fsp3) is 0.571. The summed E-state index contributed by atoms with van der Waals surface area (Å²) in [5, 5.41) is 0. The summed E-state index contributed by atoms with van der Waals surface area (Å²) in [5.41, 5.74) is 2.81. The van der Waals surface area contributed by atoms with Crippen LogP contribution in [0.5, 0.6) is 5.75 Å². The fourth-order valence-electron chi connectivity index (χ4n) is 2.62. The zero-order valence-corrected chi connectivity index (χ0v) is 10.5. The van der Waals surface area contributed by atoms with Gasteiger partial charge in [0, 0.05) is 18.8 Å². The van der Waals surface area contributed by atoms with E-state index in [2.05, 4.69) is 37.1 Å². The number of ether oxygens (including phenoxy) is 1. The summed E-state index contributed by atoms with van der Waals surface area (Å²) in [5.74, 6) is 0.973. The van der Waals surface area contributed by atoms with Crippen LogP contribution >= 0.6 is 0 Å². The first-order valence-corrected chi connectivity index (χ1v) is 6.16. The lowest BCUT2D eigenvalue weighted by Gasteiger charge is -2.36. The Bertz CT molecular complexity index is 362.